The number of rotatable bonds is 8. The van der Waals surface area contributed by atoms with E-state index in [0.717, 1.165) is 6.20 Å². The number of nitrogens with one attached hydrogen (secondary N) is 2. The van der Waals surface area contributed by atoms with E-state index in [0.29, 0.717) is 12.3 Å². The maximum atomic E-state index is 12.7. The fourth-order valence-corrected chi connectivity index (χ4v) is 2.67. The van der Waals surface area contributed by atoms with E-state index in [2.05, 4.69) is 20.8 Å². The fourth-order valence-electron chi connectivity index (χ4n) is 2.67. The Labute approximate surface area is 164 Å². The van der Waals surface area contributed by atoms with Crippen molar-refractivity contribution in [2.75, 3.05) is 5.32 Å². The smallest absolute Gasteiger partial charge is 0.320 e. The van der Waals surface area contributed by atoms with E-state index in [9.17, 15) is 19.7 Å². The zero-order chi connectivity index (χ0) is 21.0. The topological polar surface area (TPSA) is 150 Å². The van der Waals surface area contributed by atoms with Gasteiger partial charge in [-0.25, -0.2) is 0 Å². The van der Waals surface area contributed by atoms with Crippen molar-refractivity contribution in [2.24, 2.45) is 0 Å². The van der Waals surface area contributed by atoms with Crippen LogP contribution in [0, 0.1) is 10.1 Å². The number of nitrogens with zero attached hydrogens (tertiary/aromatic N) is 5. The van der Waals surface area contributed by atoms with Gasteiger partial charge in [-0.2, -0.15) is 10.2 Å². The molecule has 0 radical (unpaired) electrons. The van der Waals surface area contributed by atoms with Crippen LogP contribution in [0.2, 0.25) is 0 Å². The first kappa shape index (κ1) is 19.8. The van der Waals surface area contributed by atoms with Gasteiger partial charge in [-0.3, -0.25) is 29.1 Å². The second kappa shape index (κ2) is 8.37. The first-order valence-electron chi connectivity index (χ1n) is 8.84. The van der Waals surface area contributed by atoms with Crippen molar-refractivity contribution in [3.05, 3.63) is 58.1 Å². The normalized spacial score (nSPS) is 10.7. The molecule has 0 atom stereocenters. The van der Waals surface area contributed by atoms with E-state index in [4.69, 9.17) is 4.42 Å². The van der Waals surface area contributed by atoms with Crippen LogP contribution in [0.3, 0.4) is 0 Å². The predicted molar refractivity (Wildman–Crippen MR) is 100 cm³/mol. The van der Waals surface area contributed by atoms with E-state index in [1.807, 2.05) is 6.92 Å². The van der Waals surface area contributed by atoms with Gasteiger partial charge in [0, 0.05) is 19.3 Å². The lowest BCUT2D eigenvalue weighted by atomic mass is 10.3. The Hall–Kier alpha value is -3.96. The lowest BCUT2D eigenvalue weighted by Crippen LogP contribution is -2.25. The third kappa shape index (κ3) is 4.15. The van der Waals surface area contributed by atoms with E-state index < -0.39 is 22.4 Å². The molecule has 0 bridgehead atoms. The van der Waals surface area contributed by atoms with Crippen LogP contribution >= 0.6 is 0 Å². The fraction of sp³-hybridized carbons (Fsp3) is 0.294. The minimum Gasteiger partial charge on any atom is -0.467 e. The maximum absolute atomic E-state index is 12.7. The highest BCUT2D eigenvalue weighted by atomic mass is 16.6. The average molecular weight is 401 g/mol. The summed E-state index contributed by atoms with van der Waals surface area (Å²) in [6.07, 6.45) is 3.99. The molecule has 12 heteroatoms. The van der Waals surface area contributed by atoms with Crippen molar-refractivity contribution in [1.82, 2.24) is 24.9 Å². The first-order valence-corrected chi connectivity index (χ1v) is 8.84. The molecule has 3 aromatic rings. The van der Waals surface area contributed by atoms with Gasteiger partial charge in [-0.1, -0.05) is 0 Å². The molecule has 29 heavy (non-hydrogen) atoms. The van der Waals surface area contributed by atoms with Crippen LogP contribution in [-0.4, -0.2) is 36.3 Å². The Bertz CT molecular complexity index is 1030. The van der Waals surface area contributed by atoms with Gasteiger partial charge in [0.15, 0.2) is 5.69 Å². The molecular formula is C17H19N7O5. The summed E-state index contributed by atoms with van der Waals surface area (Å²) in [5, 5.41) is 24.4. The SMILES string of the molecule is CCn1cc(NC(=O)c2c([N+](=O)[O-])cnn2CC)c(C(=O)NCc2ccco2)n1. The van der Waals surface area contributed by atoms with E-state index >= 15 is 0 Å². The van der Waals surface area contributed by atoms with Crippen LogP contribution in [-0.2, 0) is 19.6 Å². The van der Waals surface area contributed by atoms with Crippen LogP contribution in [0.15, 0.2) is 35.2 Å². The molecule has 0 unspecified atom stereocenters. The third-order valence-electron chi connectivity index (χ3n) is 4.08. The summed E-state index contributed by atoms with van der Waals surface area (Å²) in [6.45, 7) is 4.39. The van der Waals surface area contributed by atoms with Crippen molar-refractivity contribution < 1.29 is 18.9 Å². The monoisotopic (exact) mass is 401 g/mol. The number of aromatic nitrogens is 4. The van der Waals surface area contributed by atoms with Crippen LogP contribution in [0.5, 0.6) is 0 Å². The molecule has 3 aromatic heterocycles. The summed E-state index contributed by atoms with van der Waals surface area (Å²) in [7, 11) is 0. The molecule has 0 aliphatic carbocycles. The lowest BCUT2D eigenvalue weighted by molar-refractivity contribution is -0.385. The minimum absolute atomic E-state index is 0.0167. The van der Waals surface area contributed by atoms with E-state index in [1.165, 1.54) is 21.8 Å². The van der Waals surface area contributed by atoms with Gasteiger partial charge in [0.1, 0.15) is 12.0 Å². The van der Waals surface area contributed by atoms with Crippen molar-refractivity contribution in [1.29, 1.82) is 0 Å². The standard InChI is InChI=1S/C17H19N7O5/c1-3-22-10-12(14(21-22)16(25)18-8-11-6-5-7-29-11)20-17(26)15-13(24(27)28)9-19-23(15)4-2/h5-7,9-10H,3-4,8H2,1-2H3,(H,18,25)(H,20,26). The number of nitro groups is 1. The van der Waals surface area contributed by atoms with Gasteiger partial charge >= 0.3 is 5.69 Å². The molecule has 0 aliphatic heterocycles. The lowest BCUT2D eigenvalue weighted by Gasteiger charge is -2.07. The molecular weight excluding hydrogens is 382 g/mol. The Morgan fingerprint density at radius 3 is 2.69 bits per heavy atom. The molecule has 152 valence electrons. The molecule has 0 aromatic carbocycles. The van der Waals surface area contributed by atoms with Crippen LogP contribution < -0.4 is 10.6 Å². The third-order valence-corrected chi connectivity index (χ3v) is 4.08. The second-order valence-corrected chi connectivity index (χ2v) is 5.91. The molecule has 0 spiro atoms. The van der Waals surface area contributed by atoms with Crippen molar-refractivity contribution in [3.63, 3.8) is 0 Å². The maximum Gasteiger partial charge on any atom is 0.320 e. The van der Waals surface area contributed by atoms with Gasteiger partial charge in [0.2, 0.25) is 5.69 Å². The number of hydrogen-bond donors (Lipinski definition) is 2. The molecule has 2 amide bonds. The number of anilines is 1. The van der Waals surface area contributed by atoms with Crippen LogP contribution in [0.4, 0.5) is 11.4 Å². The molecule has 0 fully saturated rings. The van der Waals surface area contributed by atoms with Gasteiger partial charge in [-0.05, 0) is 26.0 Å². The van der Waals surface area contributed by atoms with Gasteiger partial charge in [0.25, 0.3) is 11.8 Å². The second-order valence-electron chi connectivity index (χ2n) is 5.91. The Morgan fingerprint density at radius 1 is 1.28 bits per heavy atom. The molecule has 0 saturated heterocycles. The summed E-state index contributed by atoms with van der Waals surface area (Å²) in [5.41, 5.74) is -0.510. The summed E-state index contributed by atoms with van der Waals surface area (Å²) in [5.74, 6) is -0.726. The molecule has 0 saturated carbocycles. The van der Waals surface area contributed by atoms with Crippen molar-refractivity contribution in [3.8, 4) is 0 Å². The molecule has 3 rings (SSSR count). The number of carbonyl (C=O) groups excluding carboxylic acids is 2. The Morgan fingerprint density at radius 2 is 2.07 bits per heavy atom. The van der Waals surface area contributed by atoms with Crippen LogP contribution in [0.1, 0.15) is 40.6 Å². The molecule has 0 aliphatic rings. The molecule has 2 N–H and O–H groups in total. The highest BCUT2D eigenvalue weighted by Gasteiger charge is 2.28. The summed E-state index contributed by atoms with van der Waals surface area (Å²) >= 11 is 0. The number of furan rings is 1. The average Bonchev–Trinajstić information content (AvgIpc) is 3.44. The van der Waals surface area contributed by atoms with E-state index in [1.54, 1.807) is 19.1 Å². The summed E-state index contributed by atoms with van der Waals surface area (Å²) in [6, 6.07) is 3.40. The Balaban J connectivity index is 1.85. The quantitative estimate of drug-likeness (QED) is 0.431. The number of aryl methyl sites for hydroxylation is 2. The summed E-state index contributed by atoms with van der Waals surface area (Å²) in [4.78, 5) is 35.8. The highest BCUT2D eigenvalue weighted by Crippen LogP contribution is 2.21. The zero-order valence-corrected chi connectivity index (χ0v) is 15.8. The zero-order valence-electron chi connectivity index (χ0n) is 15.8. The minimum atomic E-state index is -0.758. The number of carbonyl (C=O) groups is 2. The number of hydrogen-bond acceptors (Lipinski definition) is 7. The number of amides is 2. The highest BCUT2D eigenvalue weighted by molar-refractivity contribution is 6.09. The predicted octanol–water partition coefficient (Wildman–Crippen LogP) is 1.80. The largest absolute Gasteiger partial charge is 0.467 e. The van der Waals surface area contributed by atoms with Crippen LogP contribution in [0.25, 0.3) is 0 Å². The van der Waals surface area contributed by atoms with Gasteiger partial charge in [0.05, 0.1) is 23.4 Å². The van der Waals surface area contributed by atoms with Gasteiger partial charge in [-0.15, -0.1) is 0 Å². The van der Waals surface area contributed by atoms with Crippen molar-refractivity contribution in [2.45, 2.75) is 33.5 Å². The van der Waals surface area contributed by atoms with Gasteiger partial charge < -0.3 is 15.1 Å². The Kier molecular flexibility index (Phi) is 5.71. The van der Waals surface area contributed by atoms with Crippen molar-refractivity contribution >= 4 is 23.2 Å². The summed E-state index contributed by atoms with van der Waals surface area (Å²) < 4.78 is 7.86. The first-order chi connectivity index (χ1) is 13.9. The molecule has 3 heterocycles. The molecule has 12 nitrogen and oxygen atoms in total. The van der Waals surface area contributed by atoms with E-state index in [-0.39, 0.29) is 30.2 Å².